The lowest BCUT2D eigenvalue weighted by molar-refractivity contribution is 0.0687. The van der Waals surface area contributed by atoms with Crippen LogP contribution in [-0.4, -0.2) is 32.1 Å². The van der Waals surface area contributed by atoms with Gasteiger partial charge in [0.2, 0.25) is 0 Å². The van der Waals surface area contributed by atoms with E-state index in [1.807, 2.05) is 24.3 Å². The molecule has 3 heterocycles. The van der Waals surface area contributed by atoms with Gasteiger partial charge in [-0.2, -0.15) is 0 Å². The molecule has 0 saturated carbocycles. The van der Waals surface area contributed by atoms with Gasteiger partial charge >= 0.3 is 11.7 Å². The largest absolute Gasteiger partial charge is 0.477 e. The number of benzene rings is 1. The molecule has 0 amide bonds. The topological polar surface area (TPSA) is 78.3 Å². The molecule has 2 aliphatic rings. The number of nitrogens with one attached hydrogen (secondary N) is 1. The number of fused-ring (bicyclic) bond motifs is 5. The van der Waals surface area contributed by atoms with Crippen molar-refractivity contribution in [3.8, 4) is 5.69 Å². The highest BCUT2D eigenvalue weighted by molar-refractivity contribution is 5.87. The molecule has 1 aromatic heterocycles. The molecule has 1 atom stereocenters. The summed E-state index contributed by atoms with van der Waals surface area (Å²) >= 11 is 0. The van der Waals surface area contributed by atoms with E-state index in [2.05, 4.69) is 9.88 Å². The Morgan fingerprint density at radius 3 is 2.95 bits per heavy atom. The first kappa shape index (κ1) is 12.4. The quantitative estimate of drug-likeness (QED) is 0.832. The second-order valence-corrected chi connectivity index (χ2v) is 5.59. The molecule has 0 bridgehead atoms. The number of aromatic amines is 1. The fraction of sp³-hybridized carbons (Fsp3) is 0.333. The van der Waals surface area contributed by atoms with Gasteiger partial charge in [0.15, 0.2) is 5.69 Å². The number of carboxylic acid groups (broad SMARTS) is 1. The highest BCUT2D eigenvalue weighted by Gasteiger charge is 2.37. The summed E-state index contributed by atoms with van der Waals surface area (Å²) in [6, 6.07) is 7.69. The molecule has 6 nitrogen and oxygen atoms in total. The van der Waals surface area contributed by atoms with E-state index in [9.17, 15) is 14.7 Å². The molecule has 6 heteroatoms. The summed E-state index contributed by atoms with van der Waals surface area (Å²) in [4.78, 5) is 28.6. The Morgan fingerprint density at radius 1 is 1.33 bits per heavy atom. The minimum Gasteiger partial charge on any atom is -0.477 e. The number of para-hydroxylation sites is 1. The fourth-order valence-corrected chi connectivity index (χ4v) is 3.57. The second kappa shape index (κ2) is 4.33. The Kier molecular flexibility index (Phi) is 2.56. The number of aromatic nitrogens is 2. The van der Waals surface area contributed by atoms with Crippen LogP contribution in [0.5, 0.6) is 0 Å². The molecule has 21 heavy (non-hydrogen) atoms. The molecule has 0 unspecified atom stereocenters. The zero-order valence-electron chi connectivity index (χ0n) is 11.4. The van der Waals surface area contributed by atoms with Crippen molar-refractivity contribution in [2.24, 2.45) is 0 Å². The first-order valence-electron chi connectivity index (χ1n) is 7.07. The monoisotopic (exact) mass is 285 g/mol. The van der Waals surface area contributed by atoms with E-state index in [0.717, 1.165) is 37.2 Å². The SMILES string of the molecule is O=C(O)c1[nH]c(=O)n2c1[C@@H]1CCCN1Cc1ccccc1-2. The highest BCUT2D eigenvalue weighted by atomic mass is 16.4. The Hall–Kier alpha value is -2.34. The van der Waals surface area contributed by atoms with Gasteiger partial charge in [0.1, 0.15) is 0 Å². The van der Waals surface area contributed by atoms with E-state index < -0.39 is 5.97 Å². The Bertz CT molecular complexity index is 790. The molecule has 2 N–H and O–H groups in total. The van der Waals surface area contributed by atoms with Gasteiger partial charge in [-0.25, -0.2) is 9.59 Å². The Balaban J connectivity index is 2.08. The molecule has 1 fully saturated rings. The molecule has 1 saturated heterocycles. The van der Waals surface area contributed by atoms with Crippen molar-refractivity contribution in [1.82, 2.24) is 14.5 Å². The van der Waals surface area contributed by atoms with E-state index in [0.29, 0.717) is 5.69 Å². The predicted octanol–water partition coefficient (Wildman–Crippen LogP) is 1.51. The van der Waals surface area contributed by atoms with Crippen LogP contribution in [0, 0.1) is 0 Å². The van der Waals surface area contributed by atoms with Crippen molar-refractivity contribution in [3.05, 3.63) is 51.7 Å². The van der Waals surface area contributed by atoms with Gasteiger partial charge in [-0.3, -0.25) is 14.5 Å². The van der Waals surface area contributed by atoms with Crippen LogP contribution in [0.3, 0.4) is 0 Å². The van der Waals surface area contributed by atoms with Crippen molar-refractivity contribution >= 4 is 5.97 Å². The number of aromatic carboxylic acids is 1. The summed E-state index contributed by atoms with van der Waals surface area (Å²) in [6.45, 7) is 1.68. The van der Waals surface area contributed by atoms with Crippen LogP contribution in [0.4, 0.5) is 0 Å². The van der Waals surface area contributed by atoms with Gasteiger partial charge in [0.05, 0.1) is 17.4 Å². The third kappa shape index (κ3) is 1.69. The van der Waals surface area contributed by atoms with Crippen molar-refractivity contribution in [1.29, 1.82) is 0 Å². The van der Waals surface area contributed by atoms with Crippen LogP contribution in [0.2, 0.25) is 0 Å². The summed E-state index contributed by atoms with van der Waals surface area (Å²) in [5, 5.41) is 9.41. The maximum Gasteiger partial charge on any atom is 0.354 e. The maximum absolute atomic E-state index is 12.3. The van der Waals surface area contributed by atoms with Crippen LogP contribution in [0.15, 0.2) is 29.1 Å². The van der Waals surface area contributed by atoms with E-state index in [4.69, 9.17) is 0 Å². The van der Waals surface area contributed by atoms with E-state index in [-0.39, 0.29) is 17.4 Å². The van der Waals surface area contributed by atoms with Crippen LogP contribution in [-0.2, 0) is 6.54 Å². The molecule has 2 aliphatic heterocycles. The second-order valence-electron chi connectivity index (χ2n) is 5.59. The van der Waals surface area contributed by atoms with Crippen molar-refractivity contribution in [2.45, 2.75) is 25.4 Å². The third-order valence-electron chi connectivity index (χ3n) is 4.43. The van der Waals surface area contributed by atoms with Gasteiger partial charge in [0, 0.05) is 6.54 Å². The summed E-state index contributed by atoms with van der Waals surface area (Å²) in [6.07, 6.45) is 1.90. The predicted molar refractivity (Wildman–Crippen MR) is 75.7 cm³/mol. The minimum absolute atomic E-state index is 0.0116. The lowest BCUT2D eigenvalue weighted by Crippen LogP contribution is -2.23. The van der Waals surface area contributed by atoms with E-state index in [1.165, 1.54) is 0 Å². The number of H-pyrrole nitrogens is 1. The number of carboxylic acids is 1. The van der Waals surface area contributed by atoms with Crippen molar-refractivity contribution in [2.75, 3.05) is 6.54 Å². The first-order chi connectivity index (χ1) is 10.2. The number of carbonyl (C=O) groups is 1. The van der Waals surface area contributed by atoms with Crippen LogP contribution in [0.25, 0.3) is 5.69 Å². The number of nitrogens with zero attached hydrogens (tertiary/aromatic N) is 2. The molecule has 4 rings (SSSR count). The number of imidazole rings is 1. The van der Waals surface area contributed by atoms with E-state index >= 15 is 0 Å². The first-order valence-corrected chi connectivity index (χ1v) is 7.07. The lowest BCUT2D eigenvalue weighted by Gasteiger charge is -2.21. The summed E-state index contributed by atoms with van der Waals surface area (Å²) in [5.74, 6) is -1.08. The smallest absolute Gasteiger partial charge is 0.354 e. The summed E-state index contributed by atoms with van der Waals surface area (Å²) in [5.41, 5.74) is 2.09. The lowest BCUT2D eigenvalue weighted by atomic mass is 10.1. The van der Waals surface area contributed by atoms with Crippen LogP contribution < -0.4 is 5.69 Å². The van der Waals surface area contributed by atoms with Gasteiger partial charge in [-0.05, 0) is 31.0 Å². The zero-order valence-corrected chi connectivity index (χ0v) is 11.4. The molecule has 0 radical (unpaired) electrons. The molecule has 0 spiro atoms. The third-order valence-corrected chi connectivity index (χ3v) is 4.43. The van der Waals surface area contributed by atoms with Crippen LogP contribution >= 0.6 is 0 Å². The number of hydrogen-bond donors (Lipinski definition) is 2. The van der Waals surface area contributed by atoms with Gasteiger partial charge in [-0.15, -0.1) is 0 Å². The maximum atomic E-state index is 12.3. The zero-order chi connectivity index (χ0) is 14.6. The molecule has 108 valence electrons. The van der Waals surface area contributed by atoms with E-state index in [1.54, 1.807) is 4.57 Å². The van der Waals surface area contributed by atoms with Crippen molar-refractivity contribution in [3.63, 3.8) is 0 Å². The van der Waals surface area contributed by atoms with Gasteiger partial charge < -0.3 is 5.11 Å². The van der Waals surface area contributed by atoms with Gasteiger partial charge in [-0.1, -0.05) is 18.2 Å². The summed E-state index contributed by atoms with van der Waals surface area (Å²) < 4.78 is 1.55. The van der Waals surface area contributed by atoms with Crippen molar-refractivity contribution < 1.29 is 9.90 Å². The summed E-state index contributed by atoms with van der Waals surface area (Å²) in [7, 11) is 0. The fourth-order valence-electron chi connectivity index (χ4n) is 3.57. The Morgan fingerprint density at radius 2 is 2.14 bits per heavy atom. The standard InChI is InChI=1S/C15H15N3O3/c19-14(20)12-13-11-6-3-7-17(11)8-9-4-1-2-5-10(9)18(13)15(21)16-12/h1-2,4-5,11H,3,6-8H2,(H,16,21)(H,19,20)/t11-/m0/s1. The molecule has 2 aromatic rings. The number of rotatable bonds is 1. The molecule has 1 aromatic carbocycles. The molecular formula is C15H15N3O3. The van der Waals surface area contributed by atoms with Gasteiger partial charge in [0.25, 0.3) is 0 Å². The number of hydrogen-bond acceptors (Lipinski definition) is 3. The van der Waals surface area contributed by atoms with Crippen LogP contribution in [0.1, 0.15) is 40.6 Å². The molecule has 0 aliphatic carbocycles. The molecular weight excluding hydrogens is 270 g/mol. The Labute approximate surface area is 120 Å². The average molecular weight is 285 g/mol. The normalized spacial score (nSPS) is 20.5. The average Bonchev–Trinajstić information content (AvgIpc) is 3.01. The highest BCUT2D eigenvalue weighted by Crippen LogP contribution is 2.38. The minimum atomic E-state index is -1.08.